The van der Waals surface area contributed by atoms with Crippen molar-refractivity contribution in [1.29, 1.82) is 0 Å². The van der Waals surface area contributed by atoms with Gasteiger partial charge < -0.3 is 14.4 Å². The Balaban J connectivity index is 0.000000248. The van der Waals surface area contributed by atoms with Gasteiger partial charge in [-0.2, -0.15) is 13.2 Å². The number of aromatic nitrogens is 1. The molecule has 14 heteroatoms. The monoisotopic (exact) mass is 579 g/mol. The number of rotatable bonds is 6. The van der Waals surface area contributed by atoms with Crippen molar-refractivity contribution in [3.05, 3.63) is 74.6 Å². The Bertz CT molecular complexity index is 1470. The summed E-state index contributed by atoms with van der Waals surface area (Å²) in [4.78, 5) is 22.7. The molecule has 1 saturated carbocycles. The number of nitrogens with zero attached hydrogens (tertiary/aromatic N) is 1. The van der Waals surface area contributed by atoms with Crippen LogP contribution in [0.25, 0.3) is 0 Å². The van der Waals surface area contributed by atoms with Crippen LogP contribution in [0.4, 0.5) is 13.2 Å². The van der Waals surface area contributed by atoms with Crippen molar-refractivity contribution >= 4 is 44.8 Å². The number of carbonyl (C=O) groups is 2. The van der Waals surface area contributed by atoms with Crippen LogP contribution < -0.4 is 4.74 Å². The van der Waals surface area contributed by atoms with E-state index in [1.165, 1.54) is 25.4 Å². The lowest BCUT2D eigenvalue weighted by Gasteiger charge is -2.11. The number of sulfone groups is 1. The van der Waals surface area contributed by atoms with Crippen molar-refractivity contribution < 1.29 is 45.5 Å². The molecule has 0 unspecified atom stereocenters. The maximum absolute atomic E-state index is 12.8. The highest BCUT2D eigenvalue weighted by atomic mass is 35.5. The number of methoxy groups -OCH3 is 1. The summed E-state index contributed by atoms with van der Waals surface area (Å²) in [5.41, 5.74) is -1.48. The SMILES string of the molecule is COc1c(Cl)ccc(Cl)c1C(=O)O.CS(=O)(=O)c1cc(C(F)(F)F)ccc1C(=O)c1cnoc1C1CC1. The summed E-state index contributed by atoms with van der Waals surface area (Å²) in [6.07, 6.45) is -1.14. The topological polar surface area (TPSA) is 124 Å². The van der Waals surface area contributed by atoms with E-state index in [0.29, 0.717) is 17.9 Å². The molecule has 1 fully saturated rings. The highest BCUT2D eigenvalue weighted by molar-refractivity contribution is 7.90. The first-order valence-electron chi connectivity index (χ1n) is 10.3. The van der Waals surface area contributed by atoms with Crippen LogP contribution in [0, 0.1) is 0 Å². The molecule has 3 aromatic rings. The molecular weight excluding hydrogens is 562 g/mol. The van der Waals surface area contributed by atoms with Gasteiger partial charge in [-0.15, -0.1) is 0 Å². The number of benzene rings is 2. The first-order valence-corrected chi connectivity index (χ1v) is 13.0. The zero-order chi connectivity index (χ0) is 27.7. The minimum absolute atomic E-state index is 0.0441. The number of hydrogen-bond donors (Lipinski definition) is 1. The highest BCUT2D eigenvalue weighted by Crippen LogP contribution is 2.42. The molecule has 1 heterocycles. The summed E-state index contributed by atoms with van der Waals surface area (Å²) >= 11 is 11.4. The molecule has 1 N–H and O–H groups in total. The Kier molecular flexibility index (Phi) is 8.25. The lowest BCUT2D eigenvalue weighted by atomic mass is 10.0. The van der Waals surface area contributed by atoms with Gasteiger partial charge in [-0.3, -0.25) is 4.79 Å². The Morgan fingerprint density at radius 3 is 2.22 bits per heavy atom. The molecule has 8 nitrogen and oxygen atoms in total. The fourth-order valence-electron chi connectivity index (χ4n) is 3.33. The first-order chi connectivity index (χ1) is 17.2. The minimum atomic E-state index is -4.71. The first kappa shape index (κ1) is 28.5. The molecule has 0 bridgehead atoms. The maximum atomic E-state index is 12.8. The molecule has 0 aliphatic heterocycles. The molecule has 1 aliphatic rings. The van der Waals surface area contributed by atoms with Gasteiger partial charge in [0.2, 0.25) is 0 Å². The van der Waals surface area contributed by atoms with E-state index in [0.717, 1.165) is 25.2 Å². The number of halogens is 5. The van der Waals surface area contributed by atoms with Crippen LogP contribution in [0.3, 0.4) is 0 Å². The van der Waals surface area contributed by atoms with Gasteiger partial charge in [0.25, 0.3) is 0 Å². The Hall–Kier alpha value is -3.09. The van der Waals surface area contributed by atoms with E-state index in [1.807, 2.05) is 0 Å². The Labute approximate surface area is 218 Å². The molecule has 198 valence electrons. The van der Waals surface area contributed by atoms with Crippen molar-refractivity contribution in [1.82, 2.24) is 5.16 Å². The lowest BCUT2D eigenvalue weighted by molar-refractivity contribution is -0.137. The summed E-state index contributed by atoms with van der Waals surface area (Å²) in [6.45, 7) is 0. The number of ether oxygens (including phenoxy) is 1. The summed E-state index contributed by atoms with van der Waals surface area (Å²) in [6, 6.07) is 4.94. The van der Waals surface area contributed by atoms with Crippen LogP contribution >= 0.6 is 23.2 Å². The van der Waals surface area contributed by atoms with Crippen molar-refractivity contribution in [2.45, 2.75) is 29.8 Å². The zero-order valence-electron chi connectivity index (χ0n) is 19.1. The fraction of sp³-hybridized carbons (Fsp3) is 0.261. The largest absolute Gasteiger partial charge is 0.494 e. The summed E-state index contributed by atoms with van der Waals surface area (Å²) in [7, 11) is -2.70. The molecule has 0 radical (unpaired) electrons. The molecule has 1 aromatic heterocycles. The molecule has 37 heavy (non-hydrogen) atoms. The number of hydrogen-bond acceptors (Lipinski definition) is 7. The van der Waals surface area contributed by atoms with E-state index >= 15 is 0 Å². The molecule has 1 aliphatic carbocycles. The maximum Gasteiger partial charge on any atom is 0.416 e. The molecule has 0 amide bonds. The number of carboxylic acid groups (broad SMARTS) is 1. The highest BCUT2D eigenvalue weighted by Gasteiger charge is 2.36. The second-order valence-electron chi connectivity index (χ2n) is 7.93. The fourth-order valence-corrected chi connectivity index (χ4v) is 4.69. The third-order valence-electron chi connectivity index (χ3n) is 5.22. The Morgan fingerprint density at radius 1 is 1.11 bits per heavy atom. The number of alkyl halides is 3. The van der Waals surface area contributed by atoms with Gasteiger partial charge in [-0.25, -0.2) is 13.2 Å². The van der Waals surface area contributed by atoms with E-state index in [1.54, 1.807) is 0 Å². The van der Waals surface area contributed by atoms with Gasteiger partial charge in [-0.05, 0) is 43.2 Å². The second-order valence-corrected chi connectivity index (χ2v) is 10.7. The summed E-state index contributed by atoms with van der Waals surface area (Å²) in [5, 5.41) is 12.7. The van der Waals surface area contributed by atoms with Crippen molar-refractivity contribution in [3.8, 4) is 5.75 Å². The zero-order valence-corrected chi connectivity index (χ0v) is 21.4. The van der Waals surface area contributed by atoms with Crippen LogP contribution in [0.15, 0.2) is 45.9 Å². The predicted molar refractivity (Wildman–Crippen MR) is 126 cm³/mol. The van der Waals surface area contributed by atoms with Crippen molar-refractivity contribution in [3.63, 3.8) is 0 Å². The predicted octanol–water partition coefficient (Wildman–Crippen LogP) is 5.91. The van der Waals surface area contributed by atoms with Crippen LogP contribution in [0.1, 0.15) is 56.4 Å². The molecular formula is C23H18Cl2F3NO7S. The summed E-state index contributed by atoms with van der Waals surface area (Å²) in [5.74, 6) is -1.40. The molecule has 0 saturated heterocycles. The van der Waals surface area contributed by atoms with Gasteiger partial charge >= 0.3 is 12.1 Å². The summed E-state index contributed by atoms with van der Waals surface area (Å²) < 4.78 is 72.1. The van der Waals surface area contributed by atoms with Crippen molar-refractivity contribution in [2.24, 2.45) is 0 Å². The number of ketones is 1. The van der Waals surface area contributed by atoms with E-state index in [9.17, 15) is 31.2 Å². The Morgan fingerprint density at radius 2 is 1.73 bits per heavy atom. The third kappa shape index (κ3) is 6.43. The standard InChI is InChI=1S/C15H12F3NO4S.C8H6Cl2O3/c1-24(21,22)12-6-9(15(16,17)18)4-5-10(12)13(20)11-7-19-23-14(11)8-2-3-8;1-13-7-5(10)3-2-4(9)6(7)8(11)12/h4-8H,2-3H2,1H3;2-3H,1H3,(H,11,12). The molecule has 0 atom stereocenters. The van der Waals surface area contributed by atoms with Crippen molar-refractivity contribution in [2.75, 3.05) is 13.4 Å². The normalized spacial score (nSPS) is 13.5. The third-order valence-corrected chi connectivity index (χ3v) is 6.97. The average molecular weight is 580 g/mol. The van der Waals surface area contributed by atoms with Crippen LogP contribution in [0.2, 0.25) is 10.0 Å². The molecule has 0 spiro atoms. The van der Waals surface area contributed by atoms with E-state index < -0.39 is 38.2 Å². The van der Waals surface area contributed by atoms with Gasteiger partial charge in [0, 0.05) is 17.7 Å². The minimum Gasteiger partial charge on any atom is -0.494 e. The lowest BCUT2D eigenvalue weighted by Crippen LogP contribution is -2.13. The molecule has 4 rings (SSSR count). The van der Waals surface area contributed by atoms with E-state index in [-0.39, 0.29) is 38.4 Å². The smallest absolute Gasteiger partial charge is 0.416 e. The quantitative estimate of drug-likeness (QED) is 0.357. The van der Waals surface area contributed by atoms with E-state index in [4.69, 9.17) is 37.6 Å². The second kappa shape index (κ2) is 10.7. The molecule has 2 aromatic carbocycles. The van der Waals surface area contributed by atoms with Gasteiger partial charge in [0.05, 0.1) is 39.4 Å². The van der Waals surface area contributed by atoms with Crippen LogP contribution in [-0.4, -0.2) is 43.8 Å². The van der Waals surface area contributed by atoms with E-state index in [2.05, 4.69) is 5.16 Å². The van der Waals surface area contributed by atoms with Crippen LogP contribution in [0.5, 0.6) is 5.75 Å². The van der Waals surface area contributed by atoms with Crippen LogP contribution in [-0.2, 0) is 16.0 Å². The number of carbonyl (C=O) groups excluding carboxylic acids is 1. The van der Waals surface area contributed by atoms with Gasteiger partial charge in [0.1, 0.15) is 5.56 Å². The number of aromatic carboxylic acids is 1. The number of carboxylic acids is 1. The van der Waals surface area contributed by atoms with Gasteiger partial charge in [0.15, 0.2) is 27.1 Å². The average Bonchev–Trinajstić information content (AvgIpc) is 3.54. The van der Waals surface area contributed by atoms with Gasteiger partial charge in [-0.1, -0.05) is 28.4 Å².